The van der Waals surface area contributed by atoms with Crippen LogP contribution in [0.1, 0.15) is 32.2 Å². The van der Waals surface area contributed by atoms with Gasteiger partial charge in [-0.05, 0) is 36.8 Å². The molecule has 150 valence electrons. The second kappa shape index (κ2) is 8.48. The first kappa shape index (κ1) is 19.2. The number of furan rings is 1. The number of nitrogens with zero attached hydrogens (tertiary/aromatic N) is 1. The molecule has 0 atom stereocenters. The summed E-state index contributed by atoms with van der Waals surface area (Å²) in [5, 5.41) is 9.68. The summed E-state index contributed by atoms with van der Waals surface area (Å²) in [5.41, 5.74) is 3.27. The standard InChI is InChI=1S/C23H19N3O4/c1-15-20(21(26-30-15)17-6-3-2-4-7-17)23(28)24-14-16-9-11-18(12-10-16)25-22(27)19-8-5-13-29-19/h2-13H,14H2,1H3,(H,24,28)(H,25,27). The lowest BCUT2D eigenvalue weighted by Crippen LogP contribution is -2.23. The molecule has 0 spiro atoms. The van der Waals surface area contributed by atoms with E-state index < -0.39 is 0 Å². The summed E-state index contributed by atoms with van der Waals surface area (Å²) in [5.74, 6) is 0.118. The number of aryl methyl sites for hydroxylation is 1. The van der Waals surface area contributed by atoms with Crippen LogP contribution in [-0.4, -0.2) is 17.0 Å². The van der Waals surface area contributed by atoms with Gasteiger partial charge in [-0.15, -0.1) is 0 Å². The van der Waals surface area contributed by atoms with Gasteiger partial charge in [0, 0.05) is 17.8 Å². The van der Waals surface area contributed by atoms with E-state index in [4.69, 9.17) is 8.94 Å². The molecule has 0 saturated heterocycles. The maximum Gasteiger partial charge on any atom is 0.291 e. The maximum absolute atomic E-state index is 12.8. The largest absolute Gasteiger partial charge is 0.459 e. The molecule has 0 radical (unpaired) electrons. The quantitative estimate of drug-likeness (QED) is 0.498. The van der Waals surface area contributed by atoms with Crippen molar-refractivity contribution in [2.24, 2.45) is 0 Å². The van der Waals surface area contributed by atoms with Gasteiger partial charge in [-0.25, -0.2) is 0 Å². The van der Waals surface area contributed by atoms with Crippen LogP contribution in [0.4, 0.5) is 5.69 Å². The van der Waals surface area contributed by atoms with E-state index in [1.165, 1.54) is 6.26 Å². The van der Waals surface area contributed by atoms with Crippen LogP contribution in [0.3, 0.4) is 0 Å². The second-order valence-electron chi connectivity index (χ2n) is 6.64. The number of rotatable bonds is 6. The molecule has 0 aliphatic rings. The van der Waals surface area contributed by atoms with E-state index in [2.05, 4.69) is 15.8 Å². The van der Waals surface area contributed by atoms with Gasteiger partial charge in [0.15, 0.2) is 5.76 Å². The molecular formula is C23H19N3O4. The monoisotopic (exact) mass is 401 g/mol. The summed E-state index contributed by atoms with van der Waals surface area (Å²) in [6, 6.07) is 19.9. The highest BCUT2D eigenvalue weighted by Crippen LogP contribution is 2.25. The molecule has 0 aliphatic heterocycles. The highest BCUT2D eigenvalue weighted by Gasteiger charge is 2.21. The Morgan fingerprint density at radius 2 is 1.70 bits per heavy atom. The van der Waals surface area contributed by atoms with Crippen LogP contribution >= 0.6 is 0 Å². The molecule has 7 heteroatoms. The second-order valence-corrected chi connectivity index (χ2v) is 6.64. The smallest absolute Gasteiger partial charge is 0.291 e. The van der Waals surface area contributed by atoms with Crippen molar-refractivity contribution < 1.29 is 18.5 Å². The highest BCUT2D eigenvalue weighted by molar-refractivity contribution is 6.02. The third kappa shape index (κ3) is 4.15. The zero-order chi connectivity index (χ0) is 20.9. The van der Waals surface area contributed by atoms with Crippen molar-refractivity contribution in [3.8, 4) is 11.3 Å². The number of nitrogens with one attached hydrogen (secondary N) is 2. The van der Waals surface area contributed by atoms with E-state index in [9.17, 15) is 9.59 Å². The van der Waals surface area contributed by atoms with E-state index in [1.807, 2.05) is 42.5 Å². The molecule has 0 aliphatic carbocycles. The van der Waals surface area contributed by atoms with Crippen molar-refractivity contribution in [3.63, 3.8) is 0 Å². The Labute approximate surface area is 172 Å². The Morgan fingerprint density at radius 1 is 0.933 bits per heavy atom. The van der Waals surface area contributed by atoms with Crippen molar-refractivity contribution in [3.05, 3.63) is 95.6 Å². The lowest BCUT2D eigenvalue weighted by molar-refractivity contribution is 0.0948. The molecule has 2 amide bonds. The van der Waals surface area contributed by atoms with E-state index >= 15 is 0 Å². The minimum atomic E-state index is -0.322. The van der Waals surface area contributed by atoms with Crippen LogP contribution in [0, 0.1) is 6.92 Å². The summed E-state index contributed by atoms with van der Waals surface area (Å²) in [4.78, 5) is 24.8. The fourth-order valence-corrected chi connectivity index (χ4v) is 3.01. The normalized spacial score (nSPS) is 10.6. The third-order valence-corrected chi connectivity index (χ3v) is 4.55. The molecule has 4 rings (SSSR count). The number of carbonyl (C=O) groups is 2. The van der Waals surface area contributed by atoms with Gasteiger partial charge < -0.3 is 19.6 Å². The maximum atomic E-state index is 12.8. The fraction of sp³-hybridized carbons (Fsp3) is 0.0870. The molecule has 0 fully saturated rings. The van der Waals surface area contributed by atoms with Crippen molar-refractivity contribution in [2.45, 2.75) is 13.5 Å². The van der Waals surface area contributed by atoms with Crippen LogP contribution in [-0.2, 0) is 6.54 Å². The Bertz CT molecular complexity index is 1150. The molecule has 2 aromatic carbocycles. The Balaban J connectivity index is 1.40. The summed E-state index contributed by atoms with van der Waals surface area (Å²) in [6.45, 7) is 2.04. The van der Waals surface area contributed by atoms with Gasteiger partial charge in [-0.3, -0.25) is 9.59 Å². The van der Waals surface area contributed by atoms with Crippen LogP contribution in [0.25, 0.3) is 11.3 Å². The molecule has 4 aromatic rings. The molecule has 30 heavy (non-hydrogen) atoms. The first-order chi connectivity index (χ1) is 14.6. The number of hydrogen-bond acceptors (Lipinski definition) is 5. The predicted octanol–water partition coefficient (Wildman–Crippen LogP) is 4.43. The van der Waals surface area contributed by atoms with Gasteiger partial charge >= 0.3 is 0 Å². The summed E-state index contributed by atoms with van der Waals surface area (Å²) in [7, 11) is 0. The van der Waals surface area contributed by atoms with E-state index in [0.29, 0.717) is 29.2 Å². The molecule has 2 heterocycles. The zero-order valence-corrected chi connectivity index (χ0v) is 16.2. The average molecular weight is 401 g/mol. The number of hydrogen-bond donors (Lipinski definition) is 2. The first-order valence-corrected chi connectivity index (χ1v) is 9.35. The summed E-state index contributed by atoms with van der Waals surface area (Å²) in [6.07, 6.45) is 1.45. The minimum absolute atomic E-state index is 0.240. The van der Waals surface area contributed by atoms with Crippen molar-refractivity contribution in [2.75, 3.05) is 5.32 Å². The minimum Gasteiger partial charge on any atom is -0.459 e. The summed E-state index contributed by atoms with van der Waals surface area (Å²) >= 11 is 0. The van der Waals surface area contributed by atoms with Crippen LogP contribution in [0.5, 0.6) is 0 Å². The molecule has 2 aromatic heterocycles. The zero-order valence-electron chi connectivity index (χ0n) is 16.2. The van der Waals surface area contributed by atoms with Gasteiger partial charge in [0.1, 0.15) is 17.0 Å². The van der Waals surface area contributed by atoms with E-state index in [-0.39, 0.29) is 17.6 Å². The Kier molecular flexibility index (Phi) is 5.43. The summed E-state index contributed by atoms with van der Waals surface area (Å²) < 4.78 is 10.3. The number of carbonyl (C=O) groups excluding carboxylic acids is 2. The number of aromatic nitrogens is 1. The highest BCUT2D eigenvalue weighted by atomic mass is 16.5. The predicted molar refractivity (Wildman–Crippen MR) is 111 cm³/mol. The van der Waals surface area contributed by atoms with Crippen LogP contribution in [0.15, 0.2) is 81.9 Å². The lowest BCUT2D eigenvalue weighted by atomic mass is 10.1. The lowest BCUT2D eigenvalue weighted by Gasteiger charge is -2.08. The SMILES string of the molecule is Cc1onc(-c2ccccc2)c1C(=O)NCc1ccc(NC(=O)c2ccco2)cc1. The van der Waals surface area contributed by atoms with Crippen LogP contribution in [0.2, 0.25) is 0 Å². The topological polar surface area (TPSA) is 97.4 Å². The molecule has 2 N–H and O–H groups in total. The fourth-order valence-electron chi connectivity index (χ4n) is 3.01. The molecule has 0 unspecified atom stereocenters. The van der Waals surface area contributed by atoms with Gasteiger partial charge in [0.05, 0.1) is 6.26 Å². The molecular weight excluding hydrogens is 382 g/mol. The van der Waals surface area contributed by atoms with Gasteiger partial charge in [0.2, 0.25) is 0 Å². The van der Waals surface area contributed by atoms with Gasteiger partial charge in [0.25, 0.3) is 11.8 Å². The number of amides is 2. The Hall–Kier alpha value is -4.13. The Morgan fingerprint density at radius 3 is 2.40 bits per heavy atom. The first-order valence-electron chi connectivity index (χ1n) is 9.35. The third-order valence-electron chi connectivity index (χ3n) is 4.55. The van der Waals surface area contributed by atoms with Crippen LogP contribution < -0.4 is 10.6 Å². The number of anilines is 1. The van der Waals surface area contributed by atoms with E-state index in [1.54, 1.807) is 31.2 Å². The van der Waals surface area contributed by atoms with Gasteiger partial charge in [-0.1, -0.05) is 47.6 Å². The van der Waals surface area contributed by atoms with E-state index in [0.717, 1.165) is 11.1 Å². The van der Waals surface area contributed by atoms with Crippen molar-refractivity contribution in [1.29, 1.82) is 0 Å². The van der Waals surface area contributed by atoms with Crippen molar-refractivity contribution in [1.82, 2.24) is 10.5 Å². The molecule has 0 bridgehead atoms. The average Bonchev–Trinajstić information content (AvgIpc) is 3.44. The van der Waals surface area contributed by atoms with Gasteiger partial charge in [-0.2, -0.15) is 0 Å². The van der Waals surface area contributed by atoms with Crippen molar-refractivity contribution >= 4 is 17.5 Å². The number of benzene rings is 2. The molecule has 7 nitrogen and oxygen atoms in total. The molecule has 0 saturated carbocycles.